The lowest BCUT2D eigenvalue weighted by molar-refractivity contribution is 1.11. The van der Waals surface area contributed by atoms with Gasteiger partial charge in [-0.05, 0) is 65.1 Å². The molecule has 0 radical (unpaired) electrons. The van der Waals surface area contributed by atoms with Crippen LogP contribution in [0, 0.1) is 0 Å². The SMILES string of the molecule is c1ccc(-n2c3ccccc3n3c4cc5c(cc4nc23)Cc2ccccc2-5)cc1. The summed E-state index contributed by atoms with van der Waals surface area (Å²) in [7, 11) is 0. The van der Waals surface area contributed by atoms with Crippen molar-refractivity contribution in [1.82, 2.24) is 14.0 Å². The summed E-state index contributed by atoms with van der Waals surface area (Å²) in [5.41, 5.74) is 11.2. The maximum Gasteiger partial charge on any atom is 0.220 e. The van der Waals surface area contributed by atoms with Crippen molar-refractivity contribution >= 4 is 27.8 Å². The predicted octanol–water partition coefficient (Wildman–Crippen LogP) is 6.00. The van der Waals surface area contributed by atoms with E-state index in [9.17, 15) is 0 Å². The van der Waals surface area contributed by atoms with E-state index in [1.807, 2.05) is 0 Å². The Labute approximate surface area is 167 Å². The molecule has 0 saturated carbocycles. The molecule has 0 unspecified atom stereocenters. The molecule has 0 spiro atoms. The van der Waals surface area contributed by atoms with Crippen LogP contribution in [0.4, 0.5) is 0 Å². The molecular formula is C26H17N3. The normalized spacial score (nSPS) is 12.7. The van der Waals surface area contributed by atoms with Gasteiger partial charge in [-0.2, -0.15) is 0 Å². The maximum atomic E-state index is 5.09. The average Bonchev–Trinajstić information content (AvgIpc) is 3.40. The van der Waals surface area contributed by atoms with E-state index < -0.39 is 0 Å². The van der Waals surface area contributed by atoms with E-state index in [-0.39, 0.29) is 0 Å². The van der Waals surface area contributed by atoms with E-state index >= 15 is 0 Å². The zero-order valence-electron chi connectivity index (χ0n) is 15.7. The Hall–Kier alpha value is -3.85. The summed E-state index contributed by atoms with van der Waals surface area (Å²) in [6, 6.07) is 32.4. The standard InChI is InChI=1S/C26H17N3/c1-2-9-19(10-3-1)28-23-12-6-7-13-24(23)29-25-16-21-18(15-22(25)27-26(28)29)14-17-8-4-5-11-20(17)21/h1-13,15-16H,14H2. The number of rotatable bonds is 1. The third-order valence-corrected chi connectivity index (χ3v) is 6.13. The molecule has 0 N–H and O–H groups in total. The van der Waals surface area contributed by atoms with Gasteiger partial charge in [-0.3, -0.25) is 8.97 Å². The highest BCUT2D eigenvalue weighted by Crippen LogP contribution is 2.39. The summed E-state index contributed by atoms with van der Waals surface area (Å²) in [6.07, 6.45) is 0.989. The Morgan fingerprint density at radius 3 is 2.28 bits per heavy atom. The molecule has 0 aliphatic heterocycles. The largest absolute Gasteiger partial charge is 0.278 e. The molecule has 6 aromatic rings. The van der Waals surface area contributed by atoms with Gasteiger partial charge in [-0.1, -0.05) is 54.6 Å². The quantitative estimate of drug-likeness (QED) is 0.347. The lowest BCUT2D eigenvalue weighted by atomic mass is 10.1. The summed E-state index contributed by atoms with van der Waals surface area (Å²) < 4.78 is 4.56. The summed E-state index contributed by atoms with van der Waals surface area (Å²) in [5, 5.41) is 0. The van der Waals surface area contributed by atoms with E-state index in [0.29, 0.717) is 0 Å². The molecular weight excluding hydrogens is 354 g/mol. The molecule has 29 heavy (non-hydrogen) atoms. The van der Waals surface area contributed by atoms with Gasteiger partial charge in [0.1, 0.15) is 0 Å². The summed E-state index contributed by atoms with van der Waals surface area (Å²) in [6.45, 7) is 0. The van der Waals surface area contributed by atoms with Crippen LogP contribution in [0.1, 0.15) is 11.1 Å². The van der Waals surface area contributed by atoms with Crippen LogP contribution in [0.25, 0.3) is 44.7 Å². The summed E-state index contributed by atoms with van der Waals surface area (Å²) in [4.78, 5) is 5.09. The number of hydrogen-bond donors (Lipinski definition) is 0. The van der Waals surface area contributed by atoms with Crippen molar-refractivity contribution in [2.24, 2.45) is 0 Å². The second-order valence-electron chi connectivity index (χ2n) is 7.74. The van der Waals surface area contributed by atoms with Crippen molar-refractivity contribution in [3.05, 3.63) is 102 Å². The molecule has 0 amide bonds. The Bertz CT molecular complexity index is 1570. The number of imidazole rings is 2. The number of nitrogens with zero attached hydrogens (tertiary/aromatic N) is 3. The number of benzene rings is 4. The molecule has 0 bridgehead atoms. The van der Waals surface area contributed by atoms with Crippen LogP contribution in [0.5, 0.6) is 0 Å². The Balaban J connectivity index is 1.63. The van der Waals surface area contributed by atoms with Gasteiger partial charge in [0, 0.05) is 5.69 Å². The third kappa shape index (κ3) is 1.94. The zero-order chi connectivity index (χ0) is 18.9. The van der Waals surface area contributed by atoms with Gasteiger partial charge < -0.3 is 0 Å². The van der Waals surface area contributed by atoms with E-state index in [0.717, 1.165) is 23.4 Å². The third-order valence-electron chi connectivity index (χ3n) is 6.13. The predicted molar refractivity (Wildman–Crippen MR) is 118 cm³/mol. The molecule has 1 aliphatic carbocycles. The number of para-hydroxylation sites is 3. The molecule has 2 heterocycles. The first-order valence-corrected chi connectivity index (χ1v) is 9.97. The fourth-order valence-electron chi connectivity index (χ4n) is 4.86. The van der Waals surface area contributed by atoms with Crippen LogP contribution in [0.15, 0.2) is 91.0 Å². The van der Waals surface area contributed by atoms with Crippen molar-refractivity contribution in [2.45, 2.75) is 6.42 Å². The maximum absolute atomic E-state index is 5.09. The van der Waals surface area contributed by atoms with Crippen LogP contribution >= 0.6 is 0 Å². The van der Waals surface area contributed by atoms with Gasteiger partial charge in [0.15, 0.2) is 0 Å². The minimum absolute atomic E-state index is 0.962. The first-order chi connectivity index (χ1) is 14.4. The summed E-state index contributed by atoms with van der Waals surface area (Å²) >= 11 is 0. The first-order valence-electron chi connectivity index (χ1n) is 9.97. The molecule has 0 fully saturated rings. The van der Waals surface area contributed by atoms with Gasteiger partial charge in [-0.15, -0.1) is 0 Å². The van der Waals surface area contributed by atoms with Gasteiger partial charge in [0.25, 0.3) is 0 Å². The monoisotopic (exact) mass is 371 g/mol. The zero-order valence-corrected chi connectivity index (χ0v) is 15.7. The van der Waals surface area contributed by atoms with Crippen LogP contribution < -0.4 is 0 Å². The topological polar surface area (TPSA) is 22.2 Å². The fraction of sp³-hybridized carbons (Fsp3) is 0.0385. The Morgan fingerprint density at radius 1 is 0.621 bits per heavy atom. The highest BCUT2D eigenvalue weighted by atomic mass is 15.2. The lowest BCUT2D eigenvalue weighted by Crippen LogP contribution is -1.94. The minimum Gasteiger partial charge on any atom is -0.278 e. The van der Waals surface area contributed by atoms with Crippen LogP contribution in [-0.4, -0.2) is 14.0 Å². The molecule has 1 aliphatic rings. The molecule has 2 aromatic heterocycles. The molecule has 0 saturated heterocycles. The smallest absolute Gasteiger partial charge is 0.220 e. The molecule has 4 aromatic carbocycles. The fourth-order valence-corrected chi connectivity index (χ4v) is 4.86. The average molecular weight is 371 g/mol. The summed E-state index contributed by atoms with van der Waals surface area (Å²) in [5.74, 6) is 0.962. The van der Waals surface area contributed by atoms with Crippen LogP contribution in [-0.2, 0) is 6.42 Å². The van der Waals surface area contributed by atoms with E-state index in [4.69, 9.17) is 4.98 Å². The van der Waals surface area contributed by atoms with Gasteiger partial charge in [0.2, 0.25) is 5.78 Å². The molecule has 3 heteroatoms. The van der Waals surface area contributed by atoms with E-state index in [1.165, 1.54) is 38.8 Å². The molecule has 3 nitrogen and oxygen atoms in total. The molecule has 7 rings (SSSR count). The van der Waals surface area contributed by atoms with Crippen molar-refractivity contribution in [3.63, 3.8) is 0 Å². The van der Waals surface area contributed by atoms with Crippen molar-refractivity contribution in [3.8, 4) is 16.8 Å². The van der Waals surface area contributed by atoms with Crippen molar-refractivity contribution < 1.29 is 0 Å². The highest BCUT2D eigenvalue weighted by molar-refractivity contribution is 5.95. The second-order valence-corrected chi connectivity index (χ2v) is 7.74. The van der Waals surface area contributed by atoms with Gasteiger partial charge in [-0.25, -0.2) is 4.98 Å². The number of hydrogen-bond acceptors (Lipinski definition) is 1. The number of fused-ring (bicyclic) bond motifs is 8. The highest BCUT2D eigenvalue weighted by Gasteiger charge is 2.22. The Kier molecular flexibility index (Phi) is 2.79. The van der Waals surface area contributed by atoms with Crippen LogP contribution in [0.3, 0.4) is 0 Å². The first kappa shape index (κ1) is 15.1. The molecule has 0 atom stereocenters. The Morgan fingerprint density at radius 2 is 1.38 bits per heavy atom. The van der Waals surface area contributed by atoms with E-state index in [1.54, 1.807) is 0 Å². The van der Waals surface area contributed by atoms with E-state index in [2.05, 4.69) is 100.0 Å². The van der Waals surface area contributed by atoms with Crippen LogP contribution in [0.2, 0.25) is 0 Å². The second kappa shape index (κ2) is 5.36. The van der Waals surface area contributed by atoms with Crippen molar-refractivity contribution in [2.75, 3.05) is 0 Å². The lowest BCUT2D eigenvalue weighted by Gasteiger charge is -2.04. The van der Waals surface area contributed by atoms with Crippen molar-refractivity contribution in [1.29, 1.82) is 0 Å². The molecule has 136 valence electrons. The van der Waals surface area contributed by atoms with Gasteiger partial charge >= 0.3 is 0 Å². The minimum atomic E-state index is 0.962. The number of aromatic nitrogens is 3. The van der Waals surface area contributed by atoms with Gasteiger partial charge in [0.05, 0.1) is 22.1 Å².